The van der Waals surface area contributed by atoms with Crippen LogP contribution in [0.15, 0.2) is 10.8 Å². The summed E-state index contributed by atoms with van der Waals surface area (Å²) in [6, 6.07) is 0. The minimum Gasteiger partial charge on any atom is -0.448 e. The van der Waals surface area contributed by atoms with Crippen molar-refractivity contribution in [1.82, 2.24) is 4.98 Å². The lowest BCUT2D eigenvalue weighted by Gasteiger charge is -1.97. The molecule has 0 aromatic carbocycles. The highest BCUT2D eigenvalue weighted by Crippen LogP contribution is 2.05. The van der Waals surface area contributed by atoms with Crippen molar-refractivity contribution in [3.63, 3.8) is 0 Å². The van der Waals surface area contributed by atoms with Crippen LogP contribution in [0, 0.1) is 6.92 Å². The normalized spacial score (nSPS) is 10.4. The van der Waals surface area contributed by atoms with Gasteiger partial charge >= 0.3 is 0 Å². The molecule has 0 N–H and O–H groups in total. The van der Waals surface area contributed by atoms with Crippen LogP contribution < -0.4 is 0 Å². The average Bonchev–Trinajstić information content (AvgIpc) is 2.37. The van der Waals surface area contributed by atoms with E-state index in [1.807, 2.05) is 6.92 Å². The van der Waals surface area contributed by atoms with E-state index >= 15 is 0 Å². The highest BCUT2D eigenvalue weighted by Gasteiger charge is 2.01. The van der Waals surface area contributed by atoms with Crippen LogP contribution in [0.3, 0.4) is 0 Å². The summed E-state index contributed by atoms with van der Waals surface area (Å²) >= 11 is 5.41. The molecule has 0 aliphatic heterocycles. The summed E-state index contributed by atoms with van der Waals surface area (Å²) in [4.78, 5) is 3.95. The Kier molecular flexibility index (Phi) is 3.39. The Morgan fingerprint density at radius 2 is 2.55 bits per heavy atom. The molecular weight excluding hydrogens is 166 g/mol. The third-order valence-corrected chi connectivity index (χ3v) is 1.46. The number of ether oxygens (including phenoxy) is 1. The molecule has 1 rings (SSSR count). The molecule has 11 heavy (non-hydrogen) atoms. The minimum atomic E-state index is 0.481. The lowest BCUT2D eigenvalue weighted by Crippen LogP contribution is -1.97. The lowest BCUT2D eigenvalue weighted by atomic mass is 10.4. The SMILES string of the molecule is Cc1ocnc1COCCCl. The summed E-state index contributed by atoms with van der Waals surface area (Å²) < 4.78 is 10.1. The summed E-state index contributed by atoms with van der Waals surface area (Å²) in [7, 11) is 0. The van der Waals surface area contributed by atoms with Crippen molar-refractivity contribution >= 4 is 11.6 Å². The van der Waals surface area contributed by atoms with Gasteiger partial charge in [0, 0.05) is 5.88 Å². The Morgan fingerprint density at radius 3 is 3.09 bits per heavy atom. The minimum absolute atomic E-state index is 0.481. The zero-order valence-electron chi connectivity index (χ0n) is 6.34. The van der Waals surface area contributed by atoms with Crippen LogP contribution in [0.4, 0.5) is 0 Å². The zero-order chi connectivity index (χ0) is 8.10. The van der Waals surface area contributed by atoms with Gasteiger partial charge in [-0.05, 0) is 6.92 Å². The van der Waals surface area contributed by atoms with Gasteiger partial charge in [-0.2, -0.15) is 0 Å². The second kappa shape index (κ2) is 4.36. The Morgan fingerprint density at radius 1 is 1.73 bits per heavy atom. The molecule has 1 heterocycles. The highest BCUT2D eigenvalue weighted by molar-refractivity contribution is 6.17. The number of alkyl halides is 1. The topological polar surface area (TPSA) is 35.3 Å². The third kappa shape index (κ3) is 2.52. The first-order chi connectivity index (χ1) is 5.34. The first-order valence-electron chi connectivity index (χ1n) is 3.37. The van der Waals surface area contributed by atoms with Crippen LogP contribution in [0.25, 0.3) is 0 Å². The van der Waals surface area contributed by atoms with E-state index in [4.69, 9.17) is 20.8 Å². The molecule has 0 fully saturated rings. The second-order valence-corrected chi connectivity index (χ2v) is 2.47. The van der Waals surface area contributed by atoms with Gasteiger partial charge in [0.2, 0.25) is 0 Å². The molecule has 0 amide bonds. The monoisotopic (exact) mass is 175 g/mol. The molecule has 0 aliphatic carbocycles. The molecule has 0 unspecified atom stereocenters. The average molecular weight is 176 g/mol. The highest BCUT2D eigenvalue weighted by atomic mass is 35.5. The smallest absolute Gasteiger partial charge is 0.181 e. The molecule has 3 nitrogen and oxygen atoms in total. The molecule has 0 saturated carbocycles. The maximum atomic E-state index is 5.41. The molecule has 62 valence electrons. The van der Waals surface area contributed by atoms with E-state index < -0.39 is 0 Å². The fourth-order valence-corrected chi connectivity index (χ4v) is 0.799. The summed E-state index contributed by atoms with van der Waals surface area (Å²) in [5.74, 6) is 1.32. The number of rotatable bonds is 4. The number of aromatic nitrogens is 1. The first kappa shape index (κ1) is 8.56. The largest absolute Gasteiger partial charge is 0.448 e. The molecule has 1 aromatic rings. The number of nitrogens with zero attached hydrogens (tertiary/aromatic N) is 1. The summed E-state index contributed by atoms with van der Waals surface area (Å²) in [5, 5.41) is 0. The lowest BCUT2D eigenvalue weighted by molar-refractivity contribution is 0.132. The molecule has 0 spiro atoms. The van der Waals surface area contributed by atoms with Crippen molar-refractivity contribution in [3.05, 3.63) is 17.8 Å². The molecule has 4 heteroatoms. The first-order valence-corrected chi connectivity index (χ1v) is 3.90. The second-order valence-electron chi connectivity index (χ2n) is 2.10. The van der Waals surface area contributed by atoms with Crippen molar-refractivity contribution in [2.24, 2.45) is 0 Å². The molecule has 0 aliphatic rings. The van der Waals surface area contributed by atoms with E-state index in [9.17, 15) is 0 Å². The van der Waals surface area contributed by atoms with Crippen LogP contribution in [0.1, 0.15) is 11.5 Å². The Labute approximate surface area is 70.3 Å². The van der Waals surface area contributed by atoms with Gasteiger partial charge in [0.05, 0.1) is 13.2 Å². The quantitative estimate of drug-likeness (QED) is 0.517. The van der Waals surface area contributed by atoms with Crippen molar-refractivity contribution in [1.29, 1.82) is 0 Å². The molecule has 1 aromatic heterocycles. The van der Waals surface area contributed by atoms with Crippen molar-refractivity contribution in [2.75, 3.05) is 12.5 Å². The van der Waals surface area contributed by atoms with Gasteiger partial charge in [0.15, 0.2) is 6.39 Å². The van der Waals surface area contributed by atoms with E-state index in [2.05, 4.69) is 4.98 Å². The van der Waals surface area contributed by atoms with Gasteiger partial charge in [-0.1, -0.05) is 0 Å². The third-order valence-electron chi connectivity index (χ3n) is 1.30. The Balaban J connectivity index is 2.32. The molecule has 0 bridgehead atoms. The van der Waals surface area contributed by atoms with Crippen LogP contribution in [0.2, 0.25) is 0 Å². The van der Waals surface area contributed by atoms with Gasteiger partial charge in [0.1, 0.15) is 11.5 Å². The number of aryl methyl sites for hydroxylation is 1. The number of hydrogen-bond acceptors (Lipinski definition) is 3. The Hall–Kier alpha value is -0.540. The summed E-state index contributed by atoms with van der Waals surface area (Å²) in [6.45, 7) is 2.88. The predicted molar refractivity (Wildman–Crippen MR) is 41.6 cm³/mol. The van der Waals surface area contributed by atoms with Gasteiger partial charge in [-0.15, -0.1) is 11.6 Å². The standard InChI is InChI=1S/C7H10ClNO2/c1-6-7(9-5-11-6)4-10-3-2-8/h5H,2-4H2,1H3. The van der Waals surface area contributed by atoms with E-state index in [1.165, 1.54) is 6.39 Å². The molecule has 0 saturated heterocycles. The number of hydrogen-bond donors (Lipinski definition) is 0. The Bertz CT molecular complexity index is 212. The van der Waals surface area contributed by atoms with Crippen molar-refractivity contribution in [2.45, 2.75) is 13.5 Å². The van der Waals surface area contributed by atoms with Gasteiger partial charge in [0.25, 0.3) is 0 Å². The van der Waals surface area contributed by atoms with Crippen LogP contribution in [-0.2, 0) is 11.3 Å². The number of halogens is 1. The molecule has 0 atom stereocenters. The maximum absolute atomic E-state index is 5.41. The maximum Gasteiger partial charge on any atom is 0.181 e. The number of oxazole rings is 1. The molecule has 0 radical (unpaired) electrons. The van der Waals surface area contributed by atoms with E-state index in [0.717, 1.165) is 11.5 Å². The van der Waals surface area contributed by atoms with Crippen molar-refractivity contribution < 1.29 is 9.15 Å². The fourth-order valence-electron chi connectivity index (χ4n) is 0.690. The van der Waals surface area contributed by atoms with Gasteiger partial charge < -0.3 is 9.15 Å². The zero-order valence-corrected chi connectivity index (χ0v) is 7.10. The van der Waals surface area contributed by atoms with E-state index in [0.29, 0.717) is 19.1 Å². The van der Waals surface area contributed by atoms with E-state index in [1.54, 1.807) is 0 Å². The molecular formula is C7H10ClNO2. The summed E-state index contributed by atoms with van der Waals surface area (Å²) in [6.07, 6.45) is 1.41. The summed E-state index contributed by atoms with van der Waals surface area (Å²) in [5.41, 5.74) is 0.843. The van der Waals surface area contributed by atoms with Crippen LogP contribution >= 0.6 is 11.6 Å². The van der Waals surface area contributed by atoms with Gasteiger partial charge in [-0.25, -0.2) is 4.98 Å². The van der Waals surface area contributed by atoms with Crippen LogP contribution in [-0.4, -0.2) is 17.5 Å². The predicted octanol–water partition coefficient (Wildman–Crippen LogP) is 1.74. The van der Waals surface area contributed by atoms with Crippen LogP contribution in [0.5, 0.6) is 0 Å². The van der Waals surface area contributed by atoms with E-state index in [-0.39, 0.29) is 0 Å². The van der Waals surface area contributed by atoms with Gasteiger partial charge in [-0.3, -0.25) is 0 Å². The van der Waals surface area contributed by atoms with Crippen molar-refractivity contribution in [3.8, 4) is 0 Å². The fraction of sp³-hybridized carbons (Fsp3) is 0.571.